The molecule has 1 aliphatic heterocycles. The molecule has 5 heteroatoms. The highest BCUT2D eigenvalue weighted by atomic mass is 16.2. The fourth-order valence-electron chi connectivity index (χ4n) is 2.50. The number of para-hydroxylation sites is 2. The van der Waals surface area contributed by atoms with Gasteiger partial charge in [0.25, 0.3) is 0 Å². The Labute approximate surface area is 135 Å². The molecule has 0 bridgehead atoms. The van der Waals surface area contributed by atoms with E-state index in [1.807, 2.05) is 55.5 Å². The molecule has 0 radical (unpaired) electrons. The third-order valence-corrected chi connectivity index (χ3v) is 3.83. The molecule has 0 spiro atoms. The molecular weight excluding hydrogens is 290 g/mol. The van der Waals surface area contributed by atoms with Crippen molar-refractivity contribution in [3.05, 3.63) is 59.7 Å². The Bertz CT molecular complexity index is 725. The van der Waals surface area contributed by atoms with Gasteiger partial charge in [-0.3, -0.25) is 9.59 Å². The molecule has 3 N–H and O–H groups in total. The first-order chi connectivity index (χ1) is 11.1. The fourth-order valence-corrected chi connectivity index (χ4v) is 2.50. The molecule has 118 valence electrons. The minimum atomic E-state index is -0.553. The maximum absolute atomic E-state index is 12.1. The monoisotopic (exact) mass is 309 g/mol. The van der Waals surface area contributed by atoms with Gasteiger partial charge in [0.1, 0.15) is 6.04 Å². The molecule has 0 aliphatic carbocycles. The van der Waals surface area contributed by atoms with Crippen LogP contribution in [0, 0.1) is 6.92 Å². The molecule has 0 aromatic heterocycles. The van der Waals surface area contributed by atoms with Crippen molar-refractivity contribution >= 4 is 23.2 Å². The van der Waals surface area contributed by atoms with Crippen molar-refractivity contribution in [2.24, 2.45) is 0 Å². The van der Waals surface area contributed by atoms with Crippen LogP contribution >= 0.6 is 0 Å². The number of rotatable bonds is 4. The van der Waals surface area contributed by atoms with Crippen LogP contribution in [-0.2, 0) is 16.1 Å². The highest BCUT2D eigenvalue weighted by Crippen LogP contribution is 2.26. The van der Waals surface area contributed by atoms with Crippen LogP contribution in [0.5, 0.6) is 0 Å². The van der Waals surface area contributed by atoms with Crippen LogP contribution < -0.4 is 16.0 Å². The fraction of sp³-hybridized carbons (Fsp3) is 0.222. The van der Waals surface area contributed by atoms with E-state index in [9.17, 15) is 9.59 Å². The number of anilines is 2. The van der Waals surface area contributed by atoms with E-state index in [1.165, 1.54) is 5.56 Å². The summed E-state index contributed by atoms with van der Waals surface area (Å²) in [6.45, 7) is 2.48. The van der Waals surface area contributed by atoms with Gasteiger partial charge in [-0.25, -0.2) is 0 Å². The van der Waals surface area contributed by atoms with Crippen LogP contribution in [0.15, 0.2) is 48.5 Å². The van der Waals surface area contributed by atoms with E-state index in [-0.39, 0.29) is 18.2 Å². The van der Waals surface area contributed by atoms with Crippen LogP contribution in [0.1, 0.15) is 17.5 Å². The van der Waals surface area contributed by atoms with E-state index in [0.29, 0.717) is 6.54 Å². The van der Waals surface area contributed by atoms with Crippen LogP contribution in [0.2, 0.25) is 0 Å². The smallest absolute Gasteiger partial charge is 0.247 e. The maximum atomic E-state index is 12.1. The Morgan fingerprint density at radius 2 is 1.78 bits per heavy atom. The minimum absolute atomic E-state index is 0.103. The van der Waals surface area contributed by atoms with Gasteiger partial charge in [-0.05, 0) is 24.6 Å². The Hall–Kier alpha value is -2.82. The predicted octanol–water partition coefficient (Wildman–Crippen LogP) is 2.43. The van der Waals surface area contributed by atoms with E-state index in [0.717, 1.165) is 16.9 Å². The van der Waals surface area contributed by atoms with Gasteiger partial charge in [-0.15, -0.1) is 0 Å². The molecule has 0 unspecified atom stereocenters. The number of hydrogen-bond acceptors (Lipinski definition) is 3. The van der Waals surface area contributed by atoms with Crippen molar-refractivity contribution in [1.29, 1.82) is 0 Å². The summed E-state index contributed by atoms with van der Waals surface area (Å²) in [6, 6.07) is 14.9. The molecule has 1 heterocycles. The molecule has 0 saturated heterocycles. The number of nitrogens with one attached hydrogen (secondary N) is 3. The van der Waals surface area contributed by atoms with Crippen molar-refractivity contribution in [1.82, 2.24) is 5.32 Å². The Morgan fingerprint density at radius 1 is 1.09 bits per heavy atom. The van der Waals surface area contributed by atoms with Gasteiger partial charge < -0.3 is 16.0 Å². The first-order valence-electron chi connectivity index (χ1n) is 7.60. The molecular formula is C18H19N3O2. The second-order valence-corrected chi connectivity index (χ2v) is 5.70. The van der Waals surface area contributed by atoms with E-state index in [4.69, 9.17) is 0 Å². The number of amides is 2. The highest BCUT2D eigenvalue weighted by molar-refractivity contribution is 6.04. The largest absolute Gasteiger partial charge is 0.372 e. The van der Waals surface area contributed by atoms with Gasteiger partial charge in [0.05, 0.1) is 17.8 Å². The summed E-state index contributed by atoms with van der Waals surface area (Å²) in [5, 5.41) is 8.78. The standard InChI is InChI=1S/C18H19N3O2/c1-12-6-8-13(9-7-12)11-19-17(22)10-16-18(23)21-15-5-3-2-4-14(15)20-16/h2-9,16,20H,10-11H2,1H3,(H,19,22)(H,21,23)/t16-/m0/s1. The van der Waals surface area contributed by atoms with Gasteiger partial charge in [0.2, 0.25) is 11.8 Å². The number of carbonyl (C=O) groups excluding carboxylic acids is 2. The predicted molar refractivity (Wildman–Crippen MR) is 90.1 cm³/mol. The van der Waals surface area contributed by atoms with Gasteiger partial charge in [0.15, 0.2) is 0 Å². The SMILES string of the molecule is Cc1ccc(CNC(=O)C[C@@H]2Nc3ccccc3NC2=O)cc1. The average Bonchev–Trinajstić information content (AvgIpc) is 2.55. The van der Waals surface area contributed by atoms with E-state index in [2.05, 4.69) is 16.0 Å². The lowest BCUT2D eigenvalue weighted by Gasteiger charge is -2.26. The molecule has 2 amide bonds. The van der Waals surface area contributed by atoms with Crippen LogP contribution in [-0.4, -0.2) is 17.9 Å². The number of benzene rings is 2. The lowest BCUT2D eigenvalue weighted by Crippen LogP contribution is -2.42. The highest BCUT2D eigenvalue weighted by Gasteiger charge is 2.27. The zero-order chi connectivity index (χ0) is 16.2. The molecule has 2 aromatic carbocycles. The molecule has 5 nitrogen and oxygen atoms in total. The lowest BCUT2D eigenvalue weighted by molar-refractivity contribution is -0.125. The molecule has 1 atom stereocenters. The molecule has 3 rings (SSSR count). The van der Waals surface area contributed by atoms with Crippen LogP contribution in [0.25, 0.3) is 0 Å². The Morgan fingerprint density at radius 3 is 2.52 bits per heavy atom. The summed E-state index contributed by atoms with van der Waals surface area (Å²) >= 11 is 0. The summed E-state index contributed by atoms with van der Waals surface area (Å²) in [6.07, 6.45) is 0.103. The first-order valence-corrected chi connectivity index (χ1v) is 7.60. The van der Waals surface area contributed by atoms with Crippen LogP contribution in [0.4, 0.5) is 11.4 Å². The minimum Gasteiger partial charge on any atom is -0.372 e. The van der Waals surface area contributed by atoms with Gasteiger partial charge in [-0.1, -0.05) is 42.0 Å². The van der Waals surface area contributed by atoms with Crippen molar-refractivity contribution in [2.45, 2.75) is 25.9 Å². The summed E-state index contributed by atoms with van der Waals surface area (Å²) in [5.41, 5.74) is 3.80. The Kier molecular flexibility index (Phi) is 4.28. The number of hydrogen-bond donors (Lipinski definition) is 3. The molecule has 23 heavy (non-hydrogen) atoms. The van der Waals surface area contributed by atoms with E-state index < -0.39 is 6.04 Å². The van der Waals surface area contributed by atoms with Gasteiger partial charge in [0, 0.05) is 6.54 Å². The Balaban J connectivity index is 1.56. The lowest BCUT2D eigenvalue weighted by atomic mass is 10.1. The average molecular weight is 309 g/mol. The van der Waals surface area contributed by atoms with Crippen molar-refractivity contribution in [3.8, 4) is 0 Å². The summed E-state index contributed by atoms with van der Waals surface area (Å²) in [4.78, 5) is 24.1. The zero-order valence-electron chi connectivity index (χ0n) is 12.9. The molecule has 0 fully saturated rings. The first kappa shape index (κ1) is 15.1. The van der Waals surface area contributed by atoms with E-state index >= 15 is 0 Å². The number of fused-ring (bicyclic) bond motifs is 1. The normalized spacial score (nSPS) is 16.0. The van der Waals surface area contributed by atoms with Crippen molar-refractivity contribution in [2.75, 3.05) is 10.6 Å². The second kappa shape index (κ2) is 6.52. The topological polar surface area (TPSA) is 70.2 Å². The van der Waals surface area contributed by atoms with E-state index in [1.54, 1.807) is 0 Å². The second-order valence-electron chi connectivity index (χ2n) is 5.70. The number of aryl methyl sites for hydroxylation is 1. The third kappa shape index (κ3) is 3.69. The molecule has 2 aromatic rings. The summed E-state index contributed by atoms with van der Waals surface area (Å²) in [5.74, 6) is -0.341. The zero-order valence-corrected chi connectivity index (χ0v) is 12.9. The third-order valence-electron chi connectivity index (χ3n) is 3.83. The van der Waals surface area contributed by atoms with Gasteiger partial charge in [-0.2, -0.15) is 0 Å². The summed E-state index contributed by atoms with van der Waals surface area (Å²) in [7, 11) is 0. The molecule has 1 aliphatic rings. The number of carbonyl (C=O) groups is 2. The summed E-state index contributed by atoms with van der Waals surface area (Å²) < 4.78 is 0. The quantitative estimate of drug-likeness (QED) is 0.812. The maximum Gasteiger partial charge on any atom is 0.247 e. The van der Waals surface area contributed by atoms with Crippen LogP contribution in [0.3, 0.4) is 0 Å². The van der Waals surface area contributed by atoms with Crippen molar-refractivity contribution in [3.63, 3.8) is 0 Å². The molecule has 0 saturated carbocycles. The van der Waals surface area contributed by atoms with Gasteiger partial charge >= 0.3 is 0 Å². The van der Waals surface area contributed by atoms with Crippen molar-refractivity contribution < 1.29 is 9.59 Å².